The van der Waals surface area contributed by atoms with Crippen LogP contribution in [0, 0.1) is 0 Å². The van der Waals surface area contributed by atoms with E-state index in [1.807, 2.05) is 0 Å². The van der Waals surface area contributed by atoms with E-state index in [1.54, 1.807) is 24.3 Å². The van der Waals surface area contributed by atoms with E-state index in [9.17, 15) is 14.4 Å². The molecule has 7 nitrogen and oxygen atoms in total. The molecular formula is C26H32N4O3. The van der Waals surface area contributed by atoms with E-state index in [-0.39, 0.29) is 30.7 Å². The first-order valence-corrected chi connectivity index (χ1v) is 11.8. The summed E-state index contributed by atoms with van der Waals surface area (Å²) in [5.41, 5.74) is 3.23. The van der Waals surface area contributed by atoms with Crippen LogP contribution >= 0.6 is 0 Å². The maximum Gasteiger partial charge on any atom is 0.261 e. The van der Waals surface area contributed by atoms with Crippen LogP contribution in [-0.2, 0) is 17.9 Å². The van der Waals surface area contributed by atoms with Gasteiger partial charge in [-0.15, -0.1) is 0 Å². The number of imide groups is 1. The molecule has 2 aromatic carbocycles. The predicted octanol–water partition coefficient (Wildman–Crippen LogP) is 2.52. The standard InChI is InChI=1S/C26H32N4O3/c1-2-28-14-16-29(17-15-28)19-21-11-9-20(10-12-21)18-27-24(31)8-5-13-30-25(32)22-6-3-4-7-23(22)26(30)33/h3-4,6-7,9-12H,2,5,8,13-19H2,1H3,(H,27,31). The first-order chi connectivity index (χ1) is 16.0. The summed E-state index contributed by atoms with van der Waals surface area (Å²) in [6, 6.07) is 15.2. The average molecular weight is 449 g/mol. The SMILES string of the molecule is CCN1CCN(Cc2ccc(CNC(=O)CCCN3C(=O)c4ccccc4C3=O)cc2)CC1. The molecule has 0 radical (unpaired) electrons. The number of hydrogen-bond acceptors (Lipinski definition) is 5. The van der Waals surface area contributed by atoms with Gasteiger partial charge in [0.15, 0.2) is 0 Å². The topological polar surface area (TPSA) is 73.0 Å². The number of rotatable bonds is 9. The molecule has 33 heavy (non-hydrogen) atoms. The van der Waals surface area contributed by atoms with Gasteiger partial charge in [0.05, 0.1) is 11.1 Å². The summed E-state index contributed by atoms with van der Waals surface area (Å²) >= 11 is 0. The van der Waals surface area contributed by atoms with E-state index in [0.29, 0.717) is 24.1 Å². The number of nitrogens with one attached hydrogen (secondary N) is 1. The minimum atomic E-state index is -0.275. The lowest BCUT2D eigenvalue weighted by Crippen LogP contribution is -2.45. The Labute approximate surface area is 195 Å². The summed E-state index contributed by atoms with van der Waals surface area (Å²) in [6.45, 7) is 9.49. The minimum Gasteiger partial charge on any atom is -0.352 e. The zero-order valence-electron chi connectivity index (χ0n) is 19.3. The number of hydrogen-bond donors (Lipinski definition) is 1. The van der Waals surface area contributed by atoms with Gasteiger partial charge in [0.25, 0.3) is 11.8 Å². The maximum atomic E-state index is 12.4. The molecule has 2 heterocycles. The van der Waals surface area contributed by atoms with E-state index in [0.717, 1.165) is 44.8 Å². The molecule has 0 aromatic heterocycles. The quantitative estimate of drug-likeness (QED) is 0.597. The van der Waals surface area contributed by atoms with Crippen LogP contribution in [0.3, 0.4) is 0 Å². The zero-order chi connectivity index (χ0) is 23.2. The molecule has 2 aliphatic rings. The van der Waals surface area contributed by atoms with E-state index in [4.69, 9.17) is 0 Å². The van der Waals surface area contributed by atoms with Crippen LogP contribution in [0.15, 0.2) is 48.5 Å². The summed E-state index contributed by atoms with van der Waals surface area (Å²) in [6.07, 6.45) is 0.719. The van der Waals surface area contributed by atoms with Crippen LogP contribution in [0.4, 0.5) is 0 Å². The van der Waals surface area contributed by atoms with Gasteiger partial charge in [0, 0.05) is 52.2 Å². The van der Waals surface area contributed by atoms with Crippen molar-refractivity contribution >= 4 is 17.7 Å². The molecule has 4 rings (SSSR count). The number of amides is 3. The number of carbonyl (C=O) groups excluding carboxylic acids is 3. The molecule has 1 saturated heterocycles. The number of fused-ring (bicyclic) bond motifs is 1. The predicted molar refractivity (Wildman–Crippen MR) is 127 cm³/mol. The molecular weight excluding hydrogens is 416 g/mol. The summed E-state index contributed by atoms with van der Waals surface area (Å²) in [5, 5.41) is 2.93. The second-order valence-electron chi connectivity index (χ2n) is 8.71. The van der Waals surface area contributed by atoms with Gasteiger partial charge in [-0.05, 0) is 36.2 Å². The van der Waals surface area contributed by atoms with Crippen molar-refractivity contribution in [1.29, 1.82) is 0 Å². The number of benzene rings is 2. The van der Waals surface area contributed by atoms with Gasteiger partial charge < -0.3 is 10.2 Å². The second-order valence-corrected chi connectivity index (χ2v) is 8.71. The van der Waals surface area contributed by atoms with Gasteiger partial charge in [-0.2, -0.15) is 0 Å². The lowest BCUT2D eigenvalue weighted by molar-refractivity contribution is -0.121. The van der Waals surface area contributed by atoms with Crippen LogP contribution in [0.2, 0.25) is 0 Å². The third-order valence-electron chi connectivity index (χ3n) is 6.49. The average Bonchev–Trinajstić information content (AvgIpc) is 3.09. The van der Waals surface area contributed by atoms with Crippen molar-refractivity contribution in [2.75, 3.05) is 39.3 Å². The molecule has 7 heteroatoms. The van der Waals surface area contributed by atoms with Crippen LogP contribution in [0.25, 0.3) is 0 Å². The largest absolute Gasteiger partial charge is 0.352 e. The van der Waals surface area contributed by atoms with Crippen molar-refractivity contribution in [3.63, 3.8) is 0 Å². The van der Waals surface area contributed by atoms with E-state index < -0.39 is 0 Å². The number of nitrogens with zero attached hydrogens (tertiary/aromatic N) is 3. The second kappa shape index (κ2) is 10.7. The monoisotopic (exact) mass is 448 g/mol. The highest BCUT2D eigenvalue weighted by molar-refractivity contribution is 6.21. The van der Waals surface area contributed by atoms with Crippen molar-refractivity contribution < 1.29 is 14.4 Å². The van der Waals surface area contributed by atoms with Gasteiger partial charge in [-0.25, -0.2) is 0 Å². The third kappa shape index (κ3) is 5.67. The van der Waals surface area contributed by atoms with Gasteiger partial charge >= 0.3 is 0 Å². The van der Waals surface area contributed by atoms with Crippen LogP contribution in [0.5, 0.6) is 0 Å². The summed E-state index contributed by atoms with van der Waals surface area (Å²) in [7, 11) is 0. The molecule has 0 unspecified atom stereocenters. The smallest absolute Gasteiger partial charge is 0.261 e. The van der Waals surface area contributed by atoms with E-state index in [2.05, 4.69) is 46.3 Å². The lowest BCUT2D eigenvalue weighted by atomic mass is 10.1. The highest BCUT2D eigenvalue weighted by Gasteiger charge is 2.34. The fraction of sp³-hybridized carbons (Fsp3) is 0.423. The Balaban J connectivity index is 1.16. The summed E-state index contributed by atoms with van der Waals surface area (Å²) < 4.78 is 0. The van der Waals surface area contributed by atoms with Gasteiger partial charge in [-0.3, -0.25) is 24.2 Å². The van der Waals surface area contributed by atoms with E-state index >= 15 is 0 Å². The maximum absolute atomic E-state index is 12.4. The van der Waals surface area contributed by atoms with Gasteiger partial charge in [0.1, 0.15) is 0 Å². The molecule has 1 fully saturated rings. The Kier molecular flexibility index (Phi) is 7.52. The number of likely N-dealkylation sites (N-methyl/N-ethyl adjacent to an activating group) is 1. The summed E-state index contributed by atoms with van der Waals surface area (Å²) in [4.78, 5) is 43.2. The molecule has 0 aliphatic carbocycles. The van der Waals surface area contributed by atoms with Crippen molar-refractivity contribution in [1.82, 2.24) is 20.0 Å². The van der Waals surface area contributed by atoms with Crippen molar-refractivity contribution in [2.24, 2.45) is 0 Å². The Hall–Kier alpha value is -3.03. The number of carbonyl (C=O) groups is 3. The summed E-state index contributed by atoms with van der Waals surface area (Å²) in [5.74, 6) is -0.629. The van der Waals surface area contributed by atoms with Crippen molar-refractivity contribution in [3.05, 3.63) is 70.8 Å². The highest BCUT2D eigenvalue weighted by atomic mass is 16.2. The molecule has 174 valence electrons. The molecule has 0 saturated carbocycles. The van der Waals surface area contributed by atoms with Crippen molar-refractivity contribution in [2.45, 2.75) is 32.9 Å². The fourth-order valence-corrected chi connectivity index (χ4v) is 4.41. The van der Waals surface area contributed by atoms with Gasteiger partial charge in [0.2, 0.25) is 5.91 Å². The molecule has 2 aromatic rings. The Morgan fingerprint density at radius 2 is 1.42 bits per heavy atom. The first-order valence-electron chi connectivity index (χ1n) is 11.8. The normalized spacial score (nSPS) is 16.8. The first kappa shape index (κ1) is 23.1. The Morgan fingerprint density at radius 1 is 0.848 bits per heavy atom. The lowest BCUT2D eigenvalue weighted by Gasteiger charge is -2.34. The van der Waals surface area contributed by atoms with Crippen molar-refractivity contribution in [3.8, 4) is 0 Å². The van der Waals surface area contributed by atoms with Gasteiger partial charge in [-0.1, -0.05) is 43.3 Å². The highest BCUT2D eigenvalue weighted by Crippen LogP contribution is 2.22. The zero-order valence-corrected chi connectivity index (χ0v) is 19.3. The fourth-order valence-electron chi connectivity index (χ4n) is 4.41. The molecule has 3 amide bonds. The van der Waals surface area contributed by atoms with Crippen LogP contribution in [0.1, 0.15) is 51.6 Å². The van der Waals surface area contributed by atoms with E-state index in [1.165, 1.54) is 10.5 Å². The number of piperazine rings is 1. The molecule has 0 spiro atoms. The Bertz CT molecular complexity index is 962. The third-order valence-corrected chi connectivity index (χ3v) is 6.49. The Morgan fingerprint density at radius 3 is 2.03 bits per heavy atom. The molecule has 1 N–H and O–H groups in total. The molecule has 0 bridgehead atoms. The molecule has 2 aliphatic heterocycles. The van der Waals surface area contributed by atoms with Crippen LogP contribution < -0.4 is 5.32 Å². The molecule has 0 atom stereocenters. The van der Waals surface area contributed by atoms with Crippen LogP contribution in [-0.4, -0.2) is 71.7 Å². The minimum absolute atomic E-state index is 0.0792.